The van der Waals surface area contributed by atoms with Crippen molar-refractivity contribution in [3.63, 3.8) is 0 Å². The first-order valence-corrected chi connectivity index (χ1v) is 9.19. The third-order valence-corrected chi connectivity index (χ3v) is 4.49. The monoisotopic (exact) mass is 458 g/mol. The minimum atomic E-state index is -0.532. The summed E-state index contributed by atoms with van der Waals surface area (Å²) < 4.78 is 11.4. The van der Waals surface area contributed by atoms with Gasteiger partial charge < -0.3 is 14.8 Å². The molecule has 2 aromatic rings. The van der Waals surface area contributed by atoms with E-state index < -0.39 is 5.91 Å². The predicted octanol–water partition coefficient (Wildman–Crippen LogP) is 4.98. The molecule has 0 aliphatic heterocycles. The Morgan fingerprint density at radius 3 is 2.75 bits per heavy atom. The van der Waals surface area contributed by atoms with Gasteiger partial charge in [-0.3, -0.25) is 4.79 Å². The summed E-state index contributed by atoms with van der Waals surface area (Å²) in [5, 5.41) is 12.7. The van der Waals surface area contributed by atoms with Crippen molar-refractivity contribution in [2.75, 3.05) is 19.0 Å². The van der Waals surface area contributed by atoms with Crippen molar-refractivity contribution in [3.05, 3.63) is 56.5 Å². The lowest BCUT2D eigenvalue weighted by atomic mass is 10.1. The van der Waals surface area contributed by atoms with E-state index in [0.717, 1.165) is 5.56 Å². The molecule has 0 saturated carbocycles. The SMILES string of the molecule is C#CCOc1c(Br)cc(/C=C(\C#N)C(=O)Nc2ccc(Cl)cc2C)cc1OC. The number of hydrogen-bond donors (Lipinski definition) is 1. The van der Waals surface area contributed by atoms with Gasteiger partial charge in [-0.15, -0.1) is 6.42 Å². The number of amides is 1. The van der Waals surface area contributed by atoms with E-state index in [9.17, 15) is 10.1 Å². The van der Waals surface area contributed by atoms with E-state index in [2.05, 4.69) is 27.2 Å². The number of nitriles is 1. The van der Waals surface area contributed by atoms with Crippen LogP contribution in [0.2, 0.25) is 5.02 Å². The number of benzene rings is 2. The Morgan fingerprint density at radius 1 is 1.39 bits per heavy atom. The van der Waals surface area contributed by atoms with Crippen LogP contribution in [0.1, 0.15) is 11.1 Å². The van der Waals surface area contributed by atoms with Crippen molar-refractivity contribution in [3.8, 4) is 29.9 Å². The molecule has 1 amide bonds. The van der Waals surface area contributed by atoms with Crippen LogP contribution in [0.3, 0.4) is 0 Å². The molecular formula is C21H16BrClN2O3. The van der Waals surface area contributed by atoms with Gasteiger partial charge in [-0.05, 0) is 70.4 Å². The highest BCUT2D eigenvalue weighted by atomic mass is 79.9. The van der Waals surface area contributed by atoms with E-state index in [1.165, 1.54) is 13.2 Å². The van der Waals surface area contributed by atoms with Crippen LogP contribution in [0.5, 0.6) is 11.5 Å². The van der Waals surface area contributed by atoms with E-state index in [0.29, 0.717) is 32.2 Å². The fourth-order valence-electron chi connectivity index (χ4n) is 2.35. The van der Waals surface area contributed by atoms with Crippen LogP contribution in [0, 0.1) is 30.6 Å². The molecule has 0 atom stereocenters. The van der Waals surface area contributed by atoms with Crippen LogP contribution in [0.25, 0.3) is 6.08 Å². The minimum Gasteiger partial charge on any atom is -0.493 e. The maximum absolute atomic E-state index is 12.5. The second-order valence-electron chi connectivity index (χ2n) is 5.61. The lowest BCUT2D eigenvalue weighted by molar-refractivity contribution is -0.112. The molecule has 0 fully saturated rings. The molecule has 2 rings (SSSR count). The highest BCUT2D eigenvalue weighted by molar-refractivity contribution is 9.10. The number of aryl methyl sites for hydroxylation is 1. The summed E-state index contributed by atoms with van der Waals surface area (Å²) in [7, 11) is 1.49. The number of ether oxygens (including phenoxy) is 2. The van der Waals surface area contributed by atoms with Gasteiger partial charge in [0.05, 0.1) is 11.6 Å². The molecule has 1 N–H and O–H groups in total. The van der Waals surface area contributed by atoms with Gasteiger partial charge in [0.15, 0.2) is 11.5 Å². The second kappa shape index (κ2) is 9.85. The average Bonchev–Trinajstić information content (AvgIpc) is 2.66. The maximum Gasteiger partial charge on any atom is 0.266 e. The zero-order valence-corrected chi connectivity index (χ0v) is 17.5. The molecule has 0 aliphatic carbocycles. The highest BCUT2D eigenvalue weighted by Gasteiger charge is 2.14. The van der Waals surface area contributed by atoms with Gasteiger partial charge in [-0.1, -0.05) is 17.5 Å². The molecule has 0 bridgehead atoms. The number of methoxy groups -OCH3 is 1. The van der Waals surface area contributed by atoms with Crippen LogP contribution >= 0.6 is 27.5 Å². The first-order valence-electron chi connectivity index (χ1n) is 8.02. The van der Waals surface area contributed by atoms with E-state index in [-0.39, 0.29) is 12.2 Å². The number of terminal acetylenes is 1. The van der Waals surface area contributed by atoms with Crippen LogP contribution in [-0.4, -0.2) is 19.6 Å². The lowest BCUT2D eigenvalue weighted by Gasteiger charge is -2.12. The van der Waals surface area contributed by atoms with Crippen molar-refractivity contribution in [1.82, 2.24) is 0 Å². The first-order chi connectivity index (χ1) is 13.4. The molecule has 0 radical (unpaired) electrons. The van der Waals surface area contributed by atoms with Gasteiger partial charge in [0, 0.05) is 10.7 Å². The van der Waals surface area contributed by atoms with E-state index in [1.807, 2.05) is 13.0 Å². The Balaban J connectivity index is 2.33. The molecule has 0 aromatic heterocycles. The lowest BCUT2D eigenvalue weighted by Crippen LogP contribution is -2.14. The number of nitrogens with one attached hydrogen (secondary N) is 1. The highest BCUT2D eigenvalue weighted by Crippen LogP contribution is 2.37. The van der Waals surface area contributed by atoms with Crippen molar-refractivity contribution < 1.29 is 14.3 Å². The summed E-state index contributed by atoms with van der Waals surface area (Å²) in [6.45, 7) is 1.89. The summed E-state index contributed by atoms with van der Waals surface area (Å²) in [5.74, 6) is 2.71. The minimum absolute atomic E-state index is 0.0689. The predicted molar refractivity (Wildman–Crippen MR) is 113 cm³/mol. The van der Waals surface area contributed by atoms with Gasteiger partial charge in [0.1, 0.15) is 18.2 Å². The third kappa shape index (κ3) is 5.29. The van der Waals surface area contributed by atoms with Crippen LogP contribution in [0.4, 0.5) is 5.69 Å². The molecule has 0 spiro atoms. The molecule has 0 heterocycles. The second-order valence-corrected chi connectivity index (χ2v) is 6.90. The van der Waals surface area contributed by atoms with Crippen molar-refractivity contribution in [1.29, 1.82) is 5.26 Å². The van der Waals surface area contributed by atoms with Gasteiger partial charge >= 0.3 is 0 Å². The topological polar surface area (TPSA) is 71.3 Å². The normalized spacial score (nSPS) is 10.6. The zero-order chi connectivity index (χ0) is 20.7. The molecule has 142 valence electrons. The number of rotatable bonds is 6. The summed E-state index contributed by atoms with van der Waals surface area (Å²) >= 11 is 9.31. The molecular weight excluding hydrogens is 444 g/mol. The molecule has 5 nitrogen and oxygen atoms in total. The Bertz CT molecular complexity index is 1020. The molecule has 0 aliphatic rings. The van der Waals surface area contributed by atoms with Crippen LogP contribution in [-0.2, 0) is 4.79 Å². The quantitative estimate of drug-likeness (QED) is 0.376. The summed E-state index contributed by atoms with van der Waals surface area (Å²) in [6.07, 6.45) is 6.68. The Kier molecular flexibility index (Phi) is 7.52. The van der Waals surface area contributed by atoms with Gasteiger partial charge in [-0.25, -0.2) is 0 Å². The van der Waals surface area contributed by atoms with Gasteiger partial charge in [0.25, 0.3) is 5.91 Å². The first kappa shape index (κ1) is 21.4. The molecule has 0 unspecified atom stereocenters. The van der Waals surface area contributed by atoms with E-state index >= 15 is 0 Å². The zero-order valence-electron chi connectivity index (χ0n) is 15.2. The largest absolute Gasteiger partial charge is 0.493 e. The standard InChI is InChI=1S/C21H16BrClN2O3/c1-4-7-28-20-17(22)10-14(11-19(20)27-3)9-15(12-24)21(26)25-18-6-5-16(23)8-13(18)2/h1,5-6,8-11H,7H2,2-3H3,(H,25,26)/b15-9+. The third-order valence-electron chi connectivity index (χ3n) is 3.66. The molecule has 2 aromatic carbocycles. The van der Waals surface area contributed by atoms with Crippen LogP contribution < -0.4 is 14.8 Å². The number of anilines is 1. The fourth-order valence-corrected chi connectivity index (χ4v) is 3.15. The summed E-state index contributed by atoms with van der Waals surface area (Å²) in [4.78, 5) is 12.5. The molecule has 28 heavy (non-hydrogen) atoms. The Labute approximate surface area is 177 Å². The van der Waals surface area contributed by atoms with Crippen LogP contribution in [0.15, 0.2) is 40.4 Å². The number of hydrogen-bond acceptors (Lipinski definition) is 4. The Morgan fingerprint density at radius 2 is 2.14 bits per heavy atom. The molecule has 0 saturated heterocycles. The number of nitrogens with zero attached hydrogens (tertiary/aromatic N) is 1. The van der Waals surface area contributed by atoms with Gasteiger partial charge in [0.2, 0.25) is 0 Å². The number of carbonyl (C=O) groups excluding carboxylic acids is 1. The smallest absolute Gasteiger partial charge is 0.266 e. The molecule has 7 heteroatoms. The fraction of sp³-hybridized carbons (Fsp3) is 0.143. The average molecular weight is 460 g/mol. The summed E-state index contributed by atoms with van der Waals surface area (Å²) in [6, 6.07) is 10.3. The number of halogens is 2. The Hall–Kier alpha value is -2.93. The van der Waals surface area contributed by atoms with Crippen molar-refractivity contribution in [2.45, 2.75) is 6.92 Å². The van der Waals surface area contributed by atoms with Crippen molar-refractivity contribution in [2.24, 2.45) is 0 Å². The van der Waals surface area contributed by atoms with E-state index in [4.69, 9.17) is 27.5 Å². The van der Waals surface area contributed by atoms with Crippen molar-refractivity contribution >= 4 is 45.2 Å². The van der Waals surface area contributed by atoms with Gasteiger partial charge in [-0.2, -0.15) is 5.26 Å². The summed E-state index contributed by atoms with van der Waals surface area (Å²) in [5.41, 5.74) is 1.88. The van der Waals surface area contributed by atoms with E-state index in [1.54, 1.807) is 30.3 Å². The maximum atomic E-state index is 12.5. The number of carbonyl (C=O) groups is 1.